The number of sulfone groups is 1. The second kappa shape index (κ2) is 8.06. The van der Waals surface area contributed by atoms with Crippen molar-refractivity contribution in [1.82, 2.24) is 15.1 Å². The van der Waals surface area contributed by atoms with Crippen LogP contribution >= 0.6 is 0 Å². The van der Waals surface area contributed by atoms with Crippen LogP contribution in [0.25, 0.3) is 27.8 Å². The van der Waals surface area contributed by atoms with E-state index in [-0.39, 0.29) is 23.2 Å². The van der Waals surface area contributed by atoms with Gasteiger partial charge in [-0.2, -0.15) is 5.10 Å². The number of carbonyl (C=O) groups excluding carboxylic acids is 1. The zero-order valence-electron chi connectivity index (χ0n) is 18.9. The average Bonchev–Trinajstić information content (AvgIpc) is 3.30. The summed E-state index contributed by atoms with van der Waals surface area (Å²) >= 11 is 0. The number of carbonyl (C=O) groups is 1. The summed E-state index contributed by atoms with van der Waals surface area (Å²) in [5.74, 6) is -0.691. The van der Waals surface area contributed by atoms with E-state index in [1.807, 2.05) is 37.3 Å². The molecule has 1 atom stereocenters. The van der Waals surface area contributed by atoms with Gasteiger partial charge in [0.15, 0.2) is 9.84 Å². The molecule has 2 heterocycles. The Bertz CT molecular complexity index is 1530. The second-order valence-electron chi connectivity index (χ2n) is 9.20. The highest BCUT2D eigenvalue weighted by atomic mass is 32.2. The van der Waals surface area contributed by atoms with Gasteiger partial charge in [0.05, 0.1) is 28.2 Å². The van der Waals surface area contributed by atoms with E-state index in [1.54, 1.807) is 35.9 Å². The van der Waals surface area contributed by atoms with Gasteiger partial charge in [0.1, 0.15) is 11.5 Å². The summed E-state index contributed by atoms with van der Waals surface area (Å²) in [6, 6.07) is 19.3. The molecule has 0 spiro atoms. The van der Waals surface area contributed by atoms with Gasteiger partial charge in [0, 0.05) is 16.5 Å². The van der Waals surface area contributed by atoms with E-state index in [0.29, 0.717) is 23.2 Å². The van der Waals surface area contributed by atoms with E-state index in [2.05, 4.69) is 5.32 Å². The molecule has 6 nitrogen and oxygen atoms in total. The number of benzene rings is 3. The zero-order valence-corrected chi connectivity index (χ0v) is 19.7. The first kappa shape index (κ1) is 22.3. The molecule has 1 aliphatic heterocycles. The Balaban J connectivity index is 1.61. The van der Waals surface area contributed by atoms with Crippen molar-refractivity contribution in [3.8, 4) is 16.9 Å². The van der Waals surface area contributed by atoms with Crippen LogP contribution in [0.15, 0.2) is 66.7 Å². The highest BCUT2D eigenvalue weighted by Gasteiger charge is 2.39. The summed E-state index contributed by atoms with van der Waals surface area (Å²) in [4.78, 5) is 13.1. The summed E-state index contributed by atoms with van der Waals surface area (Å²) in [5, 5.41) is 8.58. The second-order valence-corrected chi connectivity index (χ2v) is 11.4. The van der Waals surface area contributed by atoms with Crippen LogP contribution in [0.5, 0.6) is 0 Å². The average molecular weight is 478 g/mol. The van der Waals surface area contributed by atoms with Crippen molar-refractivity contribution in [2.45, 2.75) is 25.8 Å². The Hall–Kier alpha value is -3.52. The Morgan fingerprint density at radius 1 is 1.09 bits per heavy atom. The first-order valence-corrected chi connectivity index (χ1v) is 12.8. The predicted octanol–water partition coefficient (Wildman–Crippen LogP) is 4.45. The standard InChI is InChI=1S/C26H24FN3O3S/c1-17-4-3-5-18(14-17)24-22-11-6-19(25(31)28-26(2)12-13-34(32,33)16-26)15-23(22)30(29-24)21-9-7-20(27)8-10-21/h3-11,14-15H,12-13,16H2,1-2H3,(H,28,31). The molecule has 0 bridgehead atoms. The molecule has 0 saturated carbocycles. The van der Waals surface area contributed by atoms with E-state index in [4.69, 9.17) is 5.10 Å². The van der Waals surface area contributed by atoms with E-state index in [0.717, 1.165) is 22.2 Å². The predicted molar refractivity (Wildman–Crippen MR) is 130 cm³/mol. The molecule has 4 aromatic rings. The number of rotatable bonds is 4. The number of hydrogen-bond donors (Lipinski definition) is 1. The number of fused-ring (bicyclic) bond motifs is 1. The molecule has 1 saturated heterocycles. The molecule has 34 heavy (non-hydrogen) atoms. The third-order valence-corrected chi connectivity index (χ3v) is 8.13. The number of hydrogen-bond acceptors (Lipinski definition) is 4. The molecule has 1 amide bonds. The summed E-state index contributed by atoms with van der Waals surface area (Å²) < 4.78 is 39.1. The number of amides is 1. The smallest absolute Gasteiger partial charge is 0.251 e. The molecule has 1 fully saturated rings. The molecular formula is C26H24FN3O3S. The zero-order chi connectivity index (χ0) is 24.1. The van der Waals surface area contributed by atoms with E-state index in [1.165, 1.54) is 12.1 Å². The largest absolute Gasteiger partial charge is 0.346 e. The maximum Gasteiger partial charge on any atom is 0.251 e. The number of nitrogens with zero attached hydrogens (tertiary/aromatic N) is 2. The van der Waals surface area contributed by atoms with Crippen molar-refractivity contribution in [2.24, 2.45) is 0 Å². The highest BCUT2D eigenvalue weighted by Crippen LogP contribution is 2.31. The lowest BCUT2D eigenvalue weighted by molar-refractivity contribution is 0.0915. The molecule has 174 valence electrons. The van der Waals surface area contributed by atoms with Crippen LogP contribution in [-0.4, -0.2) is 41.2 Å². The maximum absolute atomic E-state index is 13.6. The van der Waals surface area contributed by atoms with Crippen LogP contribution in [-0.2, 0) is 9.84 Å². The number of halogens is 1. The SMILES string of the molecule is Cc1cccc(-c2nn(-c3ccc(F)cc3)c3cc(C(=O)NC4(C)CCS(=O)(=O)C4)ccc23)c1. The fourth-order valence-electron chi connectivity index (χ4n) is 4.50. The Morgan fingerprint density at radius 2 is 1.85 bits per heavy atom. The minimum Gasteiger partial charge on any atom is -0.346 e. The van der Waals surface area contributed by atoms with E-state index < -0.39 is 15.4 Å². The Kier molecular flexibility index (Phi) is 5.28. The normalized spacial score (nSPS) is 19.4. The van der Waals surface area contributed by atoms with Crippen LogP contribution in [0.3, 0.4) is 0 Å². The molecular weight excluding hydrogens is 453 g/mol. The monoisotopic (exact) mass is 477 g/mol. The first-order valence-electron chi connectivity index (χ1n) is 11.0. The fourth-order valence-corrected chi connectivity index (χ4v) is 6.59. The van der Waals surface area contributed by atoms with Crippen molar-refractivity contribution >= 4 is 26.6 Å². The van der Waals surface area contributed by atoms with Gasteiger partial charge >= 0.3 is 0 Å². The van der Waals surface area contributed by atoms with Crippen LogP contribution in [0.1, 0.15) is 29.3 Å². The lowest BCUT2D eigenvalue weighted by atomic mass is 10.0. The van der Waals surface area contributed by atoms with Gasteiger partial charge in [0.25, 0.3) is 5.91 Å². The minimum atomic E-state index is -3.15. The Labute approximate surface area is 197 Å². The third kappa shape index (κ3) is 4.21. The molecule has 0 aliphatic carbocycles. The van der Waals surface area contributed by atoms with Crippen LogP contribution in [0.2, 0.25) is 0 Å². The van der Waals surface area contributed by atoms with Crippen LogP contribution in [0, 0.1) is 12.7 Å². The van der Waals surface area contributed by atoms with Crippen molar-refractivity contribution < 1.29 is 17.6 Å². The molecule has 1 aromatic heterocycles. The van der Waals surface area contributed by atoms with Crippen molar-refractivity contribution in [3.63, 3.8) is 0 Å². The minimum absolute atomic E-state index is 0.0694. The van der Waals surface area contributed by atoms with Crippen LogP contribution in [0.4, 0.5) is 4.39 Å². The van der Waals surface area contributed by atoms with Crippen molar-refractivity contribution in [3.05, 3.63) is 83.7 Å². The van der Waals surface area contributed by atoms with Gasteiger partial charge in [0.2, 0.25) is 0 Å². The van der Waals surface area contributed by atoms with E-state index >= 15 is 0 Å². The lowest BCUT2D eigenvalue weighted by Crippen LogP contribution is -2.46. The lowest BCUT2D eigenvalue weighted by Gasteiger charge is -2.23. The summed E-state index contributed by atoms with van der Waals surface area (Å²) in [6.07, 6.45) is 0.383. The molecule has 1 N–H and O–H groups in total. The van der Waals surface area contributed by atoms with Gasteiger partial charge in [-0.3, -0.25) is 4.79 Å². The van der Waals surface area contributed by atoms with Gasteiger partial charge in [-0.15, -0.1) is 0 Å². The van der Waals surface area contributed by atoms with Crippen molar-refractivity contribution in [2.75, 3.05) is 11.5 Å². The number of aryl methyl sites for hydroxylation is 1. The number of nitrogens with one attached hydrogen (secondary N) is 1. The molecule has 8 heteroatoms. The summed E-state index contributed by atoms with van der Waals surface area (Å²) in [7, 11) is -3.15. The first-order chi connectivity index (χ1) is 16.1. The van der Waals surface area contributed by atoms with Gasteiger partial charge in [-0.05, 0) is 68.8 Å². The van der Waals surface area contributed by atoms with Gasteiger partial charge in [-0.1, -0.05) is 23.8 Å². The van der Waals surface area contributed by atoms with Crippen LogP contribution < -0.4 is 5.32 Å². The maximum atomic E-state index is 13.6. The summed E-state index contributed by atoms with van der Waals surface area (Å²) in [5.41, 5.74) is 3.75. The highest BCUT2D eigenvalue weighted by molar-refractivity contribution is 7.91. The molecule has 1 unspecified atom stereocenters. The van der Waals surface area contributed by atoms with E-state index in [9.17, 15) is 17.6 Å². The third-order valence-electron chi connectivity index (χ3n) is 6.22. The number of aromatic nitrogens is 2. The summed E-state index contributed by atoms with van der Waals surface area (Å²) in [6.45, 7) is 3.77. The van der Waals surface area contributed by atoms with Gasteiger partial charge in [-0.25, -0.2) is 17.5 Å². The Morgan fingerprint density at radius 3 is 2.53 bits per heavy atom. The molecule has 1 aliphatic rings. The molecule has 3 aromatic carbocycles. The quantitative estimate of drug-likeness (QED) is 0.471. The van der Waals surface area contributed by atoms with Gasteiger partial charge < -0.3 is 5.32 Å². The van der Waals surface area contributed by atoms with Crippen molar-refractivity contribution in [1.29, 1.82) is 0 Å². The fraction of sp³-hybridized carbons (Fsp3) is 0.231. The molecule has 5 rings (SSSR count). The topological polar surface area (TPSA) is 81.1 Å². The molecule has 0 radical (unpaired) electrons.